The Bertz CT molecular complexity index is 350. The Morgan fingerprint density at radius 3 is 2.47 bits per heavy atom. The van der Waals surface area contributed by atoms with E-state index in [1.807, 2.05) is 6.07 Å². The normalized spacial score (nSPS) is 15.9. The maximum atomic E-state index is 6.23. The van der Waals surface area contributed by atoms with Gasteiger partial charge in [0.15, 0.2) is 0 Å². The van der Waals surface area contributed by atoms with Crippen molar-refractivity contribution in [2.45, 2.75) is 46.6 Å². The monoisotopic (exact) mass is 337 g/mol. The van der Waals surface area contributed by atoms with Crippen LogP contribution in [0.4, 0.5) is 0 Å². The lowest BCUT2D eigenvalue weighted by Crippen LogP contribution is -2.17. The largest absolute Gasteiger partial charge is 0.323 e. The van der Waals surface area contributed by atoms with Crippen LogP contribution >= 0.6 is 38.9 Å². The number of hydrogen-bond donors (Lipinski definition) is 1. The molecule has 0 amide bonds. The summed E-state index contributed by atoms with van der Waals surface area (Å²) in [4.78, 5) is 1.17. The molecule has 0 bridgehead atoms. The van der Waals surface area contributed by atoms with E-state index < -0.39 is 0 Å². The molecule has 0 aliphatic rings. The Hall–Kier alpha value is 0.430. The van der Waals surface area contributed by atoms with Gasteiger partial charge in [0.2, 0.25) is 0 Å². The predicted molar refractivity (Wildman–Crippen MR) is 81.8 cm³/mol. The SMILES string of the molecule is CC(CC(N)c1cc(Cl)c(Br)s1)CC(C)(C)C. The molecule has 1 rings (SSSR count). The molecule has 1 heterocycles. The van der Waals surface area contributed by atoms with Crippen LogP contribution in [0.15, 0.2) is 9.85 Å². The fraction of sp³-hybridized carbons (Fsp3) is 0.692. The van der Waals surface area contributed by atoms with Crippen molar-refractivity contribution in [1.82, 2.24) is 0 Å². The quantitative estimate of drug-likeness (QED) is 0.757. The summed E-state index contributed by atoms with van der Waals surface area (Å²) in [6.07, 6.45) is 2.21. The van der Waals surface area contributed by atoms with Gasteiger partial charge in [-0.05, 0) is 46.2 Å². The second-order valence-corrected chi connectivity index (χ2v) is 8.79. The first-order chi connectivity index (χ1) is 7.69. The van der Waals surface area contributed by atoms with E-state index in [9.17, 15) is 0 Å². The fourth-order valence-electron chi connectivity index (χ4n) is 2.22. The van der Waals surface area contributed by atoms with E-state index in [0.717, 1.165) is 15.2 Å². The third-order valence-electron chi connectivity index (χ3n) is 2.65. The number of hydrogen-bond acceptors (Lipinski definition) is 2. The molecule has 1 aromatic heterocycles. The Balaban J connectivity index is 2.57. The van der Waals surface area contributed by atoms with Gasteiger partial charge in [0.25, 0.3) is 0 Å². The second kappa shape index (κ2) is 6.05. The van der Waals surface area contributed by atoms with Crippen LogP contribution < -0.4 is 5.73 Å². The minimum atomic E-state index is 0.0983. The summed E-state index contributed by atoms with van der Waals surface area (Å²) in [5, 5.41) is 0.768. The third-order valence-corrected chi connectivity index (χ3v) is 5.25. The van der Waals surface area contributed by atoms with Crippen LogP contribution in [-0.4, -0.2) is 0 Å². The summed E-state index contributed by atoms with van der Waals surface area (Å²) in [7, 11) is 0. The van der Waals surface area contributed by atoms with Crippen LogP contribution in [0.3, 0.4) is 0 Å². The first kappa shape index (κ1) is 15.5. The standard InChI is InChI=1S/C13H21BrClNS/c1-8(7-13(2,3)4)5-10(16)11-6-9(15)12(14)17-11/h6,8,10H,5,7,16H2,1-4H3. The molecule has 17 heavy (non-hydrogen) atoms. The van der Waals surface area contributed by atoms with Crippen LogP contribution in [0.1, 0.15) is 51.5 Å². The van der Waals surface area contributed by atoms with Gasteiger partial charge in [-0.1, -0.05) is 39.3 Å². The van der Waals surface area contributed by atoms with E-state index in [0.29, 0.717) is 11.3 Å². The van der Waals surface area contributed by atoms with E-state index in [2.05, 4.69) is 43.6 Å². The van der Waals surface area contributed by atoms with Crippen molar-refractivity contribution >= 4 is 38.9 Å². The highest BCUT2D eigenvalue weighted by molar-refractivity contribution is 9.11. The average Bonchev–Trinajstić information content (AvgIpc) is 2.43. The van der Waals surface area contributed by atoms with Crippen molar-refractivity contribution in [3.63, 3.8) is 0 Å². The fourth-order valence-corrected chi connectivity index (χ4v) is 3.99. The summed E-state index contributed by atoms with van der Waals surface area (Å²) in [6.45, 7) is 9.09. The molecule has 0 aromatic carbocycles. The molecule has 2 unspecified atom stereocenters. The van der Waals surface area contributed by atoms with Crippen molar-refractivity contribution < 1.29 is 0 Å². The molecule has 4 heteroatoms. The van der Waals surface area contributed by atoms with E-state index in [1.165, 1.54) is 11.3 Å². The molecule has 0 saturated heterocycles. The maximum absolute atomic E-state index is 6.23. The van der Waals surface area contributed by atoms with Crippen molar-refractivity contribution in [3.8, 4) is 0 Å². The minimum Gasteiger partial charge on any atom is -0.323 e. The van der Waals surface area contributed by atoms with Gasteiger partial charge in [0, 0.05) is 10.9 Å². The predicted octanol–water partition coefficient (Wildman–Crippen LogP) is 5.63. The lowest BCUT2D eigenvalue weighted by atomic mass is 9.83. The molecule has 2 atom stereocenters. The summed E-state index contributed by atoms with van der Waals surface area (Å²) < 4.78 is 0.980. The van der Waals surface area contributed by atoms with E-state index in [-0.39, 0.29) is 6.04 Å². The topological polar surface area (TPSA) is 26.0 Å². The lowest BCUT2D eigenvalue weighted by molar-refractivity contribution is 0.287. The Labute approximate surface area is 122 Å². The summed E-state index contributed by atoms with van der Waals surface area (Å²) in [6, 6.07) is 2.08. The van der Waals surface area contributed by atoms with Crippen LogP contribution in [0.25, 0.3) is 0 Å². The first-order valence-corrected chi connectivity index (χ1v) is 7.88. The zero-order chi connectivity index (χ0) is 13.2. The van der Waals surface area contributed by atoms with Crippen LogP contribution in [0.2, 0.25) is 5.02 Å². The van der Waals surface area contributed by atoms with Crippen LogP contribution in [-0.2, 0) is 0 Å². The van der Waals surface area contributed by atoms with E-state index in [1.54, 1.807) is 11.3 Å². The van der Waals surface area contributed by atoms with Gasteiger partial charge >= 0.3 is 0 Å². The van der Waals surface area contributed by atoms with Gasteiger partial charge in [-0.2, -0.15) is 0 Å². The van der Waals surface area contributed by atoms with E-state index in [4.69, 9.17) is 17.3 Å². The average molecular weight is 339 g/mol. The maximum Gasteiger partial charge on any atom is 0.0887 e. The smallest absolute Gasteiger partial charge is 0.0887 e. The van der Waals surface area contributed by atoms with Gasteiger partial charge in [-0.15, -0.1) is 11.3 Å². The van der Waals surface area contributed by atoms with Gasteiger partial charge < -0.3 is 5.73 Å². The number of nitrogens with two attached hydrogens (primary N) is 1. The molecular weight excluding hydrogens is 318 g/mol. The lowest BCUT2D eigenvalue weighted by Gasteiger charge is -2.24. The summed E-state index contributed by atoms with van der Waals surface area (Å²) in [5.74, 6) is 0.629. The molecule has 0 aliphatic carbocycles. The molecule has 2 N–H and O–H groups in total. The van der Waals surface area contributed by atoms with Crippen molar-refractivity contribution in [2.75, 3.05) is 0 Å². The van der Waals surface area contributed by atoms with Crippen molar-refractivity contribution in [2.24, 2.45) is 17.1 Å². The first-order valence-electron chi connectivity index (χ1n) is 5.89. The Kier molecular flexibility index (Phi) is 5.51. The molecule has 1 aromatic rings. The highest BCUT2D eigenvalue weighted by Gasteiger charge is 2.19. The van der Waals surface area contributed by atoms with E-state index >= 15 is 0 Å². The summed E-state index contributed by atoms with van der Waals surface area (Å²) in [5.41, 5.74) is 6.60. The molecule has 98 valence electrons. The summed E-state index contributed by atoms with van der Waals surface area (Å²) >= 11 is 11.1. The molecule has 0 aliphatic heterocycles. The highest BCUT2D eigenvalue weighted by atomic mass is 79.9. The molecule has 0 saturated carbocycles. The molecule has 1 nitrogen and oxygen atoms in total. The third kappa shape index (κ3) is 5.29. The van der Waals surface area contributed by atoms with Gasteiger partial charge in [0.05, 0.1) is 8.81 Å². The van der Waals surface area contributed by atoms with Crippen molar-refractivity contribution in [3.05, 3.63) is 19.8 Å². The zero-order valence-electron chi connectivity index (χ0n) is 10.9. The van der Waals surface area contributed by atoms with Crippen LogP contribution in [0.5, 0.6) is 0 Å². The molecule has 0 spiro atoms. The molecule has 0 fully saturated rings. The van der Waals surface area contributed by atoms with Gasteiger partial charge in [0.1, 0.15) is 0 Å². The Morgan fingerprint density at radius 1 is 1.47 bits per heavy atom. The Morgan fingerprint density at radius 2 is 2.06 bits per heavy atom. The minimum absolute atomic E-state index is 0.0983. The van der Waals surface area contributed by atoms with Crippen molar-refractivity contribution in [1.29, 1.82) is 0 Å². The van der Waals surface area contributed by atoms with Gasteiger partial charge in [-0.25, -0.2) is 0 Å². The highest BCUT2D eigenvalue weighted by Crippen LogP contribution is 2.37. The van der Waals surface area contributed by atoms with Crippen LogP contribution in [0, 0.1) is 11.3 Å². The molecule has 0 radical (unpaired) electrons. The second-order valence-electron chi connectivity index (χ2n) is 5.98. The number of halogens is 2. The van der Waals surface area contributed by atoms with Gasteiger partial charge in [-0.3, -0.25) is 0 Å². The molecular formula is C13H21BrClNS. The zero-order valence-corrected chi connectivity index (χ0v) is 14.0. The number of rotatable bonds is 4. The number of thiophene rings is 1.